The molecular formula is C46H34N4. The molecule has 0 saturated heterocycles. The molecule has 0 heterocycles. The van der Waals surface area contributed by atoms with E-state index in [-0.39, 0.29) is 0 Å². The lowest BCUT2D eigenvalue weighted by atomic mass is 9.88. The van der Waals surface area contributed by atoms with Gasteiger partial charge in [0.05, 0.1) is 22.5 Å². The SMILES string of the molecule is Cc1ccc(N(c2ccc(C)cc2)c2c(C#N)cc3ccc4c(N(c5ccc(C)cc5)c5ccc(C)cc5)c(C#N)cc5ccc2c3c54)cc1. The minimum atomic E-state index is 0.593. The fourth-order valence-electron chi connectivity index (χ4n) is 7.16. The summed E-state index contributed by atoms with van der Waals surface area (Å²) in [6.45, 7) is 8.34. The lowest BCUT2D eigenvalue weighted by molar-refractivity contribution is 1.27. The number of nitrogens with zero attached hydrogens (tertiary/aromatic N) is 4. The number of aryl methyl sites for hydroxylation is 4. The summed E-state index contributed by atoms with van der Waals surface area (Å²) in [5.41, 5.74) is 11.4. The average molecular weight is 643 g/mol. The third kappa shape index (κ3) is 5.07. The summed E-state index contributed by atoms with van der Waals surface area (Å²) >= 11 is 0. The minimum Gasteiger partial charge on any atom is -0.309 e. The van der Waals surface area contributed by atoms with Gasteiger partial charge in [0.2, 0.25) is 0 Å². The number of nitriles is 2. The van der Waals surface area contributed by atoms with E-state index < -0.39 is 0 Å². The normalized spacial score (nSPS) is 11.2. The maximum absolute atomic E-state index is 10.7. The molecule has 8 aromatic rings. The fourth-order valence-corrected chi connectivity index (χ4v) is 7.16. The van der Waals surface area contributed by atoms with Gasteiger partial charge in [0, 0.05) is 33.5 Å². The standard InChI is InChI=1S/C46H34N4/c1-29-5-15-37(16-6-29)49(38-17-7-30(2)8-18-38)45-35(27-47)25-33-14-24-42-44-34(13-23-41(45)43(33)44)26-36(28-48)46(42)50(39-19-9-31(3)10-20-39)40-21-11-32(4)12-22-40/h5-26H,1-4H3. The molecule has 0 bridgehead atoms. The van der Waals surface area contributed by atoms with Gasteiger partial charge in [-0.15, -0.1) is 0 Å². The molecular weight excluding hydrogens is 609 g/mol. The van der Waals surface area contributed by atoms with E-state index in [1.165, 1.54) is 22.3 Å². The molecule has 4 nitrogen and oxygen atoms in total. The molecule has 8 aromatic carbocycles. The van der Waals surface area contributed by atoms with Crippen LogP contribution in [-0.2, 0) is 0 Å². The molecule has 0 unspecified atom stereocenters. The van der Waals surface area contributed by atoms with Crippen LogP contribution in [0, 0.1) is 50.4 Å². The first-order valence-electron chi connectivity index (χ1n) is 16.8. The molecule has 0 amide bonds. The van der Waals surface area contributed by atoms with Crippen molar-refractivity contribution in [1.29, 1.82) is 10.5 Å². The number of anilines is 6. The van der Waals surface area contributed by atoms with E-state index in [1.54, 1.807) is 0 Å². The second kappa shape index (κ2) is 12.1. The highest BCUT2D eigenvalue weighted by molar-refractivity contribution is 6.29. The molecule has 0 radical (unpaired) electrons. The maximum atomic E-state index is 10.7. The van der Waals surface area contributed by atoms with E-state index in [2.05, 4.69) is 171 Å². The molecule has 0 aromatic heterocycles. The Hall–Kier alpha value is -6.62. The van der Waals surface area contributed by atoms with Crippen molar-refractivity contribution < 1.29 is 0 Å². The van der Waals surface area contributed by atoms with Crippen molar-refractivity contribution in [3.05, 3.63) is 167 Å². The Morgan fingerprint density at radius 2 is 0.660 bits per heavy atom. The first kappa shape index (κ1) is 30.7. The molecule has 0 spiro atoms. The fraction of sp³-hybridized carbons (Fsp3) is 0.0870. The molecule has 50 heavy (non-hydrogen) atoms. The summed E-state index contributed by atoms with van der Waals surface area (Å²) in [6.07, 6.45) is 0. The summed E-state index contributed by atoms with van der Waals surface area (Å²) in [6, 6.07) is 51.4. The first-order chi connectivity index (χ1) is 24.3. The van der Waals surface area contributed by atoms with Crippen LogP contribution >= 0.6 is 0 Å². The molecule has 8 rings (SSSR count). The molecule has 4 heteroatoms. The maximum Gasteiger partial charge on any atom is 0.101 e. The number of rotatable bonds is 6. The van der Waals surface area contributed by atoms with Crippen LogP contribution in [0.3, 0.4) is 0 Å². The van der Waals surface area contributed by atoms with Crippen molar-refractivity contribution in [1.82, 2.24) is 0 Å². The zero-order chi connectivity index (χ0) is 34.5. The van der Waals surface area contributed by atoms with Gasteiger partial charge in [0.1, 0.15) is 12.1 Å². The number of benzene rings is 8. The molecule has 238 valence electrons. The van der Waals surface area contributed by atoms with Crippen LogP contribution in [0.4, 0.5) is 34.1 Å². The Bertz CT molecular complexity index is 2340. The quantitative estimate of drug-likeness (QED) is 0.169. The topological polar surface area (TPSA) is 54.1 Å². The van der Waals surface area contributed by atoms with Gasteiger partial charge in [-0.25, -0.2) is 0 Å². The van der Waals surface area contributed by atoms with E-state index >= 15 is 0 Å². The Kier molecular flexibility index (Phi) is 7.44. The average Bonchev–Trinajstić information content (AvgIpc) is 3.14. The van der Waals surface area contributed by atoms with Crippen LogP contribution < -0.4 is 9.80 Å². The highest BCUT2D eigenvalue weighted by Crippen LogP contribution is 2.49. The Labute approximate surface area is 292 Å². The van der Waals surface area contributed by atoms with E-state index in [1.807, 2.05) is 12.1 Å². The van der Waals surface area contributed by atoms with Crippen LogP contribution in [0.15, 0.2) is 133 Å². The molecule has 0 aliphatic heterocycles. The van der Waals surface area contributed by atoms with E-state index in [0.717, 1.165) is 66.4 Å². The zero-order valence-corrected chi connectivity index (χ0v) is 28.5. The zero-order valence-electron chi connectivity index (χ0n) is 28.5. The molecule has 0 atom stereocenters. The summed E-state index contributed by atoms with van der Waals surface area (Å²) < 4.78 is 0. The smallest absolute Gasteiger partial charge is 0.101 e. The first-order valence-corrected chi connectivity index (χ1v) is 16.8. The molecule has 0 fully saturated rings. The van der Waals surface area contributed by atoms with Crippen molar-refractivity contribution in [2.45, 2.75) is 27.7 Å². The van der Waals surface area contributed by atoms with Gasteiger partial charge in [-0.1, -0.05) is 95.1 Å². The van der Waals surface area contributed by atoms with Gasteiger partial charge in [-0.3, -0.25) is 0 Å². The largest absolute Gasteiger partial charge is 0.309 e. The minimum absolute atomic E-state index is 0.593. The van der Waals surface area contributed by atoms with Gasteiger partial charge in [0.15, 0.2) is 0 Å². The molecule has 0 aliphatic carbocycles. The van der Waals surface area contributed by atoms with Crippen LogP contribution in [-0.4, -0.2) is 0 Å². The summed E-state index contributed by atoms with van der Waals surface area (Å²) in [5, 5.41) is 27.4. The molecule has 0 aliphatic rings. The van der Waals surface area contributed by atoms with Gasteiger partial charge in [0.25, 0.3) is 0 Å². The van der Waals surface area contributed by atoms with Gasteiger partial charge < -0.3 is 9.80 Å². The third-order valence-electron chi connectivity index (χ3n) is 9.70. The van der Waals surface area contributed by atoms with Crippen molar-refractivity contribution in [3.8, 4) is 12.1 Å². The Morgan fingerprint density at radius 3 is 0.920 bits per heavy atom. The van der Waals surface area contributed by atoms with E-state index in [0.29, 0.717) is 11.1 Å². The lowest BCUT2D eigenvalue weighted by Crippen LogP contribution is -2.13. The molecule has 0 saturated carbocycles. The second-order valence-corrected chi connectivity index (χ2v) is 13.2. The molecule has 0 N–H and O–H groups in total. The highest BCUT2D eigenvalue weighted by Gasteiger charge is 2.26. The Morgan fingerprint density at radius 1 is 0.380 bits per heavy atom. The van der Waals surface area contributed by atoms with Gasteiger partial charge >= 0.3 is 0 Å². The van der Waals surface area contributed by atoms with Crippen molar-refractivity contribution >= 4 is 66.4 Å². The Balaban J connectivity index is 1.48. The van der Waals surface area contributed by atoms with Crippen LogP contribution in [0.5, 0.6) is 0 Å². The van der Waals surface area contributed by atoms with Gasteiger partial charge in [-0.05, 0) is 110 Å². The second-order valence-electron chi connectivity index (χ2n) is 13.2. The predicted octanol–water partition coefficient (Wildman–Crippen LogP) is 12.5. The van der Waals surface area contributed by atoms with Crippen LogP contribution in [0.2, 0.25) is 0 Å². The third-order valence-corrected chi connectivity index (χ3v) is 9.70. The van der Waals surface area contributed by atoms with E-state index in [4.69, 9.17) is 0 Å². The summed E-state index contributed by atoms with van der Waals surface area (Å²) in [5.74, 6) is 0. The van der Waals surface area contributed by atoms with Crippen molar-refractivity contribution in [2.75, 3.05) is 9.80 Å². The van der Waals surface area contributed by atoms with Crippen LogP contribution in [0.1, 0.15) is 33.4 Å². The number of hydrogen-bond acceptors (Lipinski definition) is 4. The predicted molar refractivity (Wildman–Crippen MR) is 208 cm³/mol. The van der Waals surface area contributed by atoms with Crippen LogP contribution in [0.25, 0.3) is 32.3 Å². The van der Waals surface area contributed by atoms with Crippen molar-refractivity contribution in [3.63, 3.8) is 0 Å². The van der Waals surface area contributed by atoms with Gasteiger partial charge in [-0.2, -0.15) is 10.5 Å². The van der Waals surface area contributed by atoms with E-state index in [9.17, 15) is 10.5 Å². The highest BCUT2D eigenvalue weighted by atomic mass is 15.2. The lowest BCUT2D eigenvalue weighted by Gasteiger charge is -2.30. The summed E-state index contributed by atoms with van der Waals surface area (Å²) in [4.78, 5) is 4.41. The summed E-state index contributed by atoms with van der Waals surface area (Å²) in [7, 11) is 0. The monoisotopic (exact) mass is 642 g/mol. The number of hydrogen-bond donors (Lipinski definition) is 0. The van der Waals surface area contributed by atoms with Crippen molar-refractivity contribution in [2.24, 2.45) is 0 Å².